The monoisotopic (exact) mass is 278 g/mol. The van der Waals surface area contributed by atoms with E-state index in [4.69, 9.17) is 22.7 Å². The summed E-state index contributed by atoms with van der Waals surface area (Å²) in [5.41, 5.74) is 7.34. The molecule has 1 saturated carbocycles. The summed E-state index contributed by atoms with van der Waals surface area (Å²) in [6.07, 6.45) is 2.71. The van der Waals surface area contributed by atoms with Gasteiger partial charge in [0.25, 0.3) is 0 Å². The third-order valence-corrected chi connectivity index (χ3v) is 4.29. The Labute approximate surface area is 118 Å². The molecule has 1 saturated heterocycles. The van der Waals surface area contributed by atoms with Crippen molar-refractivity contribution in [3.63, 3.8) is 0 Å². The molecule has 19 heavy (non-hydrogen) atoms. The minimum Gasteiger partial charge on any atom is -0.384 e. The predicted molar refractivity (Wildman–Crippen MR) is 79.3 cm³/mol. The summed E-state index contributed by atoms with van der Waals surface area (Å²) in [6, 6.07) is 6.56. The van der Waals surface area contributed by atoms with Crippen molar-refractivity contribution in [2.45, 2.75) is 18.9 Å². The molecule has 0 amide bonds. The van der Waals surface area contributed by atoms with Crippen LogP contribution in [-0.2, 0) is 0 Å². The molecule has 0 spiro atoms. The molecule has 3 rings (SSSR count). The molecule has 4 nitrogen and oxygen atoms in total. The van der Waals surface area contributed by atoms with Crippen LogP contribution in [0.2, 0.25) is 5.02 Å². The molecule has 0 radical (unpaired) electrons. The van der Waals surface area contributed by atoms with Gasteiger partial charge in [-0.05, 0) is 25.0 Å². The number of rotatable bonds is 3. The van der Waals surface area contributed by atoms with E-state index in [-0.39, 0.29) is 5.84 Å². The van der Waals surface area contributed by atoms with Gasteiger partial charge in [-0.1, -0.05) is 17.7 Å². The second-order valence-corrected chi connectivity index (χ2v) is 5.71. The highest BCUT2D eigenvalue weighted by Gasteiger charge is 2.31. The summed E-state index contributed by atoms with van der Waals surface area (Å²) < 4.78 is 0. The number of piperazine rings is 1. The van der Waals surface area contributed by atoms with Crippen molar-refractivity contribution in [2.24, 2.45) is 5.73 Å². The van der Waals surface area contributed by atoms with Crippen molar-refractivity contribution in [3.8, 4) is 0 Å². The number of nitrogen functional groups attached to an aromatic ring is 1. The second kappa shape index (κ2) is 5.02. The number of nitrogens with zero attached hydrogens (tertiary/aromatic N) is 2. The van der Waals surface area contributed by atoms with Crippen LogP contribution in [0.3, 0.4) is 0 Å². The molecule has 5 heteroatoms. The smallest absolute Gasteiger partial charge is 0.126 e. The highest BCUT2D eigenvalue weighted by Crippen LogP contribution is 2.31. The van der Waals surface area contributed by atoms with Crippen LogP contribution in [0.15, 0.2) is 18.2 Å². The number of nitrogens with two attached hydrogens (primary N) is 1. The summed E-state index contributed by atoms with van der Waals surface area (Å²) in [5.74, 6) is 0.0465. The molecule has 0 unspecified atom stereocenters. The normalized spacial score (nSPS) is 20.6. The van der Waals surface area contributed by atoms with Crippen LogP contribution < -0.4 is 10.6 Å². The van der Waals surface area contributed by atoms with Gasteiger partial charge >= 0.3 is 0 Å². The molecule has 1 aromatic carbocycles. The van der Waals surface area contributed by atoms with Crippen molar-refractivity contribution in [2.75, 3.05) is 31.1 Å². The Morgan fingerprint density at radius 2 is 1.89 bits per heavy atom. The number of nitrogens with one attached hydrogen (secondary N) is 1. The molecule has 0 atom stereocenters. The third kappa shape index (κ3) is 2.55. The maximum Gasteiger partial charge on any atom is 0.126 e. The summed E-state index contributed by atoms with van der Waals surface area (Å²) >= 11 is 6.17. The Balaban J connectivity index is 1.79. The standard InChI is InChI=1S/C14H19ClN4/c15-11-2-1-3-12(13(11)14(16)17)19-8-6-18(7-9-19)10-4-5-10/h1-3,10H,4-9H2,(H3,16,17). The summed E-state index contributed by atoms with van der Waals surface area (Å²) in [7, 11) is 0. The predicted octanol–water partition coefficient (Wildman–Crippen LogP) is 1.91. The lowest BCUT2D eigenvalue weighted by molar-refractivity contribution is 0.248. The molecule has 1 aliphatic heterocycles. The first-order chi connectivity index (χ1) is 9.16. The van der Waals surface area contributed by atoms with Gasteiger partial charge in [-0.2, -0.15) is 0 Å². The van der Waals surface area contributed by atoms with Crippen LogP contribution in [0.4, 0.5) is 5.69 Å². The van der Waals surface area contributed by atoms with Crippen molar-refractivity contribution in [3.05, 3.63) is 28.8 Å². The van der Waals surface area contributed by atoms with E-state index >= 15 is 0 Å². The lowest BCUT2D eigenvalue weighted by Gasteiger charge is -2.37. The molecule has 0 aromatic heterocycles. The molecular weight excluding hydrogens is 260 g/mol. The van der Waals surface area contributed by atoms with Gasteiger partial charge in [-0.3, -0.25) is 10.3 Å². The van der Waals surface area contributed by atoms with Crippen LogP contribution in [0.1, 0.15) is 18.4 Å². The van der Waals surface area contributed by atoms with E-state index in [1.165, 1.54) is 12.8 Å². The fraction of sp³-hybridized carbons (Fsp3) is 0.500. The van der Waals surface area contributed by atoms with Crippen LogP contribution >= 0.6 is 11.6 Å². The van der Waals surface area contributed by atoms with E-state index in [1.807, 2.05) is 12.1 Å². The Kier molecular flexibility index (Phi) is 3.37. The molecule has 0 bridgehead atoms. The summed E-state index contributed by atoms with van der Waals surface area (Å²) in [5, 5.41) is 8.27. The molecule has 3 N–H and O–H groups in total. The zero-order valence-electron chi connectivity index (χ0n) is 10.9. The number of halogens is 1. The van der Waals surface area contributed by atoms with Crippen LogP contribution in [0.5, 0.6) is 0 Å². The zero-order valence-corrected chi connectivity index (χ0v) is 11.7. The average Bonchev–Trinajstić information content (AvgIpc) is 3.22. The van der Waals surface area contributed by atoms with Crippen LogP contribution in [0, 0.1) is 5.41 Å². The van der Waals surface area contributed by atoms with Crippen molar-refractivity contribution in [1.29, 1.82) is 5.41 Å². The fourth-order valence-electron chi connectivity index (χ4n) is 2.81. The van der Waals surface area contributed by atoms with Crippen molar-refractivity contribution < 1.29 is 0 Å². The first kappa shape index (κ1) is 12.8. The highest BCUT2D eigenvalue weighted by molar-refractivity contribution is 6.34. The molecule has 2 fully saturated rings. The Morgan fingerprint density at radius 1 is 1.21 bits per heavy atom. The molecule has 2 aliphatic rings. The first-order valence-corrected chi connectivity index (χ1v) is 7.16. The van der Waals surface area contributed by atoms with Gasteiger partial charge in [0.15, 0.2) is 0 Å². The maximum absolute atomic E-state index is 7.71. The van der Waals surface area contributed by atoms with Gasteiger partial charge in [0, 0.05) is 37.9 Å². The van der Waals surface area contributed by atoms with Gasteiger partial charge in [0.2, 0.25) is 0 Å². The highest BCUT2D eigenvalue weighted by atomic mass is 35.5. The maximum atomic E-state index is 7.71. The molecule has 1 heterocycles. The Bertz CT molecular complexity index is 490. The van der Waals surface area contributed by atoms with E-state index in [2.05, 4.69) is 9.80 Å². The van der Waals surface area contributed by atoms with Gasteiger partial charge < -0.3 is 10.6 Å². The fourth-order valence-corrected chi connectivity index (χ4v) is 3.08. The minimum absolute atomic E-state index is 0.0465. The largest absolute Gasteiger partial charge is 0.384 e. The lowest BCUT2D eigenvalue weighted by atomic mass is 10.1. The molecular formula is C14H19ClN4. The van der Waals surface area contributed by atoms with E-state index in [0.29, 0.717) is 10.6 Å². The minimum atomic E-state index is 0.0465. The molecule has 102 valence electrons. The van der Waals surface area contributed by atoms with Gasteiger partial charge in [-0.15, -0.1) is 0 Å². The number of hydrogen-bond donors (Lipinski definition) is 2. The number of benzene rings is 1. The number of hydrogen-bond acceptors (Lipinski definition) is 3. The third-order valence-electron chi connectivity index (χ3n) is 3.98. The number of anilines is 1. The topological polar surface area (TPSA) is 56.4 Å². The first-order valence-electron chi connectivity index (χ1n) is 6.78. The summed E-state index contributed by atoms with van der Waals surface area (Å²) in [6.45, 7) is 4.15. The van der Waals surface area contributed by atoms with E-state index in [1.54, 1.807) is 6.07 Å². The lowest BCUT2D eigenvalue weighted by Crippen LogP contribution is -2.47. The van der Waals surface area contributed by atoms with Gasteiger partial charge in [0.05, 0.1) is 10.6 Å². The van der Waals surface area contributed by atoms with Gasteiger partial charge in [-0.25, -0.2) is 0 Å². The summed E-state index contributed by atoms with van der Waals surface area (Å²) in [4.78, 5) is 4.86. The van der Waals surface area contributed by atoms with E-state index in [0.717, 1.165) is 37.9 Å². The Hall–Kier alpha value is -1.26. The molecule has 1 aliphatic carbocycles. The zero-order chi connectivity index (χ0) is 13.4. The number of amidine groups is 1. The van der Waals surface area contributed by atoms with Crippen molar-refractivity contribution in [1.82, 2.24) is 4.90 Å². The van der Waals surface area contributed by atoms with Crippen LogP contribution in [0.25, 0.3) is 0 Å². The van der Waals surface area contributed by atoms with E-state index in [9.17, 15) is 0 Å². The molecule has 1 aromatic rings. The van der Waals surface area contributed by atoms with Crippen molar-refractivity contribution >= 4 is 23.1 Å². The second-order valence-electron chi connectivity index (χ2n) is 5.30. The quantitative estimate of drug-likeness (QED) is 0.656. The Morgan fingerprint density at radius 3 is 2.47 bits per heavy atom. The van der Waals surface area contributed by atoms with Crippen LogP contribution in [-0.4, -0.2) is 43.0 Å². The van der Waals surface area contributed by atoms with E-state index < -0.39 is 0 Å². The average molecular weight is 279 g/mol. The SMILES string of the molecule is N=C(N)c1c(Cl)cccc1N1CCN(C2CC2)CC1. The van der Waals surface area contributed by atoms with Gasteiger partial charge in [0.1, 0.15) is 5.84 Å².